The molecule has 0 aliphatic heterocycles. The van der Waals surface area contributed by atoms with Gasteiger partial charge in [-0.15, -0.1) is 0 Å². The summed E-state index contributed by atoms with van der Waals surface area (Å²) in [6, 6.07) is 74.0. The van der Waals surface area contributed by atoms with Crippen LogP contribution in [-0.4, -0.2) is 9.97 Å². The van der Waals surface area contributed by atoms with E-state index < -0.39 is 5.41 Å². The molecule has 1 aromatic heterocycles. The molecule has 1 heterocycles. The molecular formula is C51H34N2. The second-order valence-corrected chi connectivity index (χ2v) is 13.7. The number of hydrogen-bond acceptors (Lipinski definition) is 2. The fraction of sp³-hybridized carbons (Fsp3) is 0.0196. The van der Waals surface area contributed by atoms with Gasteiger partial charge >= 0.3 is 0 Å². The summed E-state index contributed by atoms with van der Waals surface area (Å²) in [6.07, 6.45) is 0. The Morgan fingerprint density at radius 2 is 0.868 bits per heavy atom. The third kappa shape index (κ3) is 5.03. The molecule has 0 N–H and O–H groups in total. The van der Waals surface area contributed by atoms with Crippen molar-refractivity contribution in [2.45, 2.75) is 5.41 Å². The van der Waals surface area contributed by atoms with E-state index in [9.17, 15) is 0 Å². The van der Waals surface area contributed by atoms with Crippen LogP contribution >= 0.6 is 0 Å². The second kappa shape index (κ2) is 12.7. The van der Waals surface area contributed by atoms with Gasteiger partial charge < -0.3 is 0 Å². The zero-order chi connectivity index (χ0) is 35.2. The highest BCUT2D eigenvalue weighted by Gasteiger charge is 2.48. The van der Waals surface area contributed by atoms with Crippen LogP contribution in [0, 0.1) is 0 Å². The molecule has 0 radical (unpaired) electrons. The van der Waals surface area contributed by atoms with Crippen molar-refractivity contribution in [2.75, 3.05) is 0 Å². The predicted octanol–water partition coefficient (Wildman–Crippen LogP) is 12.7. The quantitative estimate of drug-likeness (QED) is 0.175. The van der Waals surface area contributed by atoms with Gasteiger partial charge in [0, 0.05) is 16.7 Å². The molecule has 10 rings (SSSR count). The summed E-state index contributed by atoms with van der Waals surface area (Å²) in [7, 11) is 0. The van der Waals surface area contributed by atoms with E-state index in [-0.39, 0.29) is 0 Å². The number of aromatic nitrogens is 2. The average molecular weight is 675 g/mol. The second-order valence-electron chi connectivity index (χ2n) is 13.7. The molecule has 8 aromatic carbocycles. The average Bonchev–Trinajstić information content (AvgIpc) is 3.57. The Balaban J connectivity index is 1.25. The highest BCUT2D eigenvalue weighted by Crippen LogP contribution is 2.60. The van der Waals surface area contributed by atoms with Gasteiger partial charge in [0.05, 0.1) is 16.8 Å². The van der Waals surface area contributed by atoms with Gasteiger partial charge in [-0.2, -0.15) is 0 Å². The Bertz CT molecular complexity index is 2660. The molecule has 1 aliphatic rings. The molecule has 0 atom stereocenters. The van der Waals surface area contributed by atoms with Crippen LogP contribution in [0.25, 0.3) is 66.9 Å². The number of benzene rings is 8. The van der Waals surface area contributed by atoms with Crippen LogP contribution in [0.3, 0.4) is 0 Å². The SMILES string of the molecule is c1ccc(-c2cc(-c3ccccc3)nc(-c3cccc(-c4cc5ccccc5c5c4-c4ccccc4C5(c4ccccc4)c4ccccc4)c3)n2)cc1. The lowest BCUT2D eigenvalue weighted by atomic mass is 9.66. The fourth-order valence-electron chi connectivity index (χ4n) is 8.47. The Labute approximate surface area is 309 Å². The van der Waals surface area contributed by atoms with E-state index in [0.717, 1.165) is 33.6 Å². The molecule has 0 amide bonds. The molecule has 2 heteroatoms. The highest BCUT2D eigenvalue weighted by atomic mass is 14.9. The van der Waals surface area contributed by atoms with E-state index in [1.807, 2.05) is 12.1 Å². The molecule has 0 fully saturated rings. The summed E-state index contributed by atoms with van der Waals surface area (Å²) in [6.45, 7) is 0. The van der Waals surface area contributed by atoms with Crippen molar-refractivity contribution in [2.24, 2.45) is 0 Å². The highest BCUT2D eigenvalue weighted by molar-refractivity contribution is 6.07. The minimum Gasteiger partial charge on any atom is -0.228 e. The van der Waals surface area contributed by atoms with Gasteiger partial charge in [-0.05, 0) is 73.5 Å². The largest absolute Gasteiger partial charge is 0.228 e. The molecule has 0 bridgehead atoms. The van der Waals surface area contributed by atoms with Gasteiger partial charge in [-0.1, -0.05) is 188 Å². The first-order valence-electron chi connectivity index (χ1n) is 18.2. The maximum Gasteiger partial charge on any atom is 0.160 e. The number of nitrogens with zero attached hydrogens (tertiary/aromatic N) is 2. The van der Waals surface area contributed by atoms with Crippen molar-refractivity contribution >= 4 is 10.8 Å². The summed E-state index contributed by atoms with van der Waals surface area (Å²) in [5, 5.41) is 2.47. The first-order chi connectivity index (χ1) is 26.3. The molecule has 0 saturated heterocycles. The lowest BCUT2D eigenvalue weighted by Crippen LogP contribution is -2.28. The van der Waals surface area contributed by atoms with Crippen LogP contribution in [-0.2, 0) is 5.41 Å². The van der Waals surface area contributed by atoms with Crippen LogP contribution < -0.4 is 0 Å². The van der Waals surface area contributed by atoms with E-state index in [1.165, 1.54) is 49.7 Å². The standard InChI is InChI=1S/C51H34N2/c1-5-18-35(19-6-1)46-34-47(36-20-7-2-8-21-36)53-50(52-46)39-24-17-23-37(32-39)44-33-38-22-13-14-29-42(38)49-48(44)43-30-15-16-31-45(43)51(49,40-25-9-3-10-26-40)41-27-11-4-12-28-41/h1-34H. The first-order valence-corrected chi connectivity index (χ1v) is 18.2. The minimum absolute atomic E-state index is 0.515. The van der Waals surface area contributed by atoms with Crippen molar-refractivity contribution in [3.63, 3.8) is 0 Å². The van der Waals surface area contributed by atoms with E-state index >= 15 is 0 Å². The maximum atomic E-state index is 5.18. The first kappa shape index (κ1) is 30.9. The molecule has 1 aliphatic carbocycles. The Kier molecular flexibility index (Phi) is 7.40. The summed E-state index contributed by atoms with van der Waals surface area (Å²) in [4.78, 5) is 10.4. The van der Waals surface area contributed by atoms with Gasteiger partial charge in [0.15, 0.2) is 5.82 Å². The van der Waals surface area contributed by atoms with Gasteiger partial charge in [-0.3, -0.25) is 0 Å². The molecule has 53 heavy (non-hydrogen) atoms. The zero-order valence-electron chi connectivity index (χ0n) is 29.0. The smallest absolute Gasteiger partial charge is 0.160 e. The topological polar surface area (TPSA) is 25.8 Å². The minimum atomic E-state index is -0.515. The summed E-state index contributed by atoms with van der Waals surface area (Å²) in [5.41, 5.74) is 14.4. The van der Waals surface area contributed by atoms with E-state index in [0.29, 0.717) is 5.82 Å². The van der Waals surface area contributed by atoms with Gasteiger partial charge in [0.25, 0.3) is 0 Å². The van der Waals surface area contributed by atoms with Crippen molar-refractivity contribution < 1.29 is 0 Å². The van der Waals surface area contributed by atoms with Crippen molar-refractivity contribution in [1.82, 2.24) is 9.97 Å². The predicted molar refractivity (Wildman–Crippen MR) is 219 cm³/mol. The van der Waals surface area contributed by atoms with E-state index in [1.54, 1.807) is 0 Å². The van der Waals surface area contributed by atoms with Crippen molar-refractivity contribution in [3.8, 4) is 56.2 Å². The van der Waals surface area contributed by atoms with Gasteiger partial charge in [-0.25, -0.2) is 9.97 Å². The lowest BCUT2D eigenvalue weighted by molar-refractivity contribution is 0.775. The molecule has 0 spiro atoms. The summed E-state index contributed by atoms with van der Waals surface area (Å²) >= 11 is 0. The third-order valence-corrected chi connectivity index (χ3v) is 10.7. The van der Waals surface area contributed by atoms with Crippen LogP contribution in [0.2, 0.25) is 0 Å². The molecule has 0 saturated carbocycles. The fourth-order valence-corrected chi connectivity index (χ4v) is 8.47. The summed E-state index contributed by atoms with van der Waals surface area (Å²) < 4.78 is 0. The third-order valence-electron chi connectivity index (χ3n) is 10.7. The zero-order valence-corrected chi connectivity index (χ0v) is 29.0. The van der Waals surface area contributed by atoms with Crippen molar-refractivity contribution in [3.05, 3.63) is 229 Å². The van der Waals surface area contributed by atoms with E-state index in [4.69, 9.17) is 9.97 Å². The molecular weight excluding hydrogens is 641 g/mol. The molecule has 2 nitrogen and oxygen atoms in total. The monoisotopic (exact) mass is 674 g/mol. The van der Waals surface area contributed by atoms with Crippen molar-refractivity contribution in [1.29, 1.82) is 0 Å². The Morgan fingerprint density at radius 3 is 1.51 bits per heavy atom. The van der Waals surface area contributed by atoms with Crippen LogP contribution in [0.15, 0.2) is 206 Å². The van der Waals surface area contributed by atoms with E-state index in [2.05, 4.69) is 194 Å². The Hall–Kier alpha value is -6.90. The van der Waals surface area contributed by atoms with Gasteiger partial charge in [0.1, 0.15) is 0 Å². The van der Waals surface area contributed by atoms with Gasteiger partial charge in [0.2, 0.25) is 0 Å². The normalized spacial score (nSPS) is 12.7. The van der Waals surface area contributed by atoms with Crippen LogP contribution in [0.1, 0.15) is 22.3 Å². The molecule has 9 aromatic rings. The maximum absolute atomic E-state index is 5.18. The lowest BCUT2D eigenvalue weighted by Gasteiger charge is -2.35. The number of rotatable bonds is 6. The summed E-state index contributed by atoms with van der Waals surface area (Å²) in [5.74, 6) is 0.702. The number of hydrogen-bond donors (Lipinski definition) is 0. The van der Waals surface area contributed by atoms with Crippen LogP contribution in [0.4, 0.5) is 0 Å². The van der Waals surface area contributed by atoms with Crippen LogP contribution in [0.5, 0.6) is 0 Å². The molecule has 248 valence electrons. The number of fused-ring (bicyclic) bond motifs is 5. The Morgan fingerprint density at radius 1 is 0.358 bits per heavy atom. The molecule has 0 unspecified atom stereocenters.